The molecule has 1 aromatic rings. The molecule has 0 saturated heterocycles. The van der Waals surface area contributed by atoms with E-state index in [2.05, 4.69) is 21.2 Å². The number of hydrogen-bond acceptors (Lipinski definition) is 3. The van der Waals surface area contributed by atoms with Crippen molar-refractivity contribution < 1.29 is 14.6 Å². The van der Waals surface area contributed by atoms with E-state index >= 15 is 0 Å². The lowest BCUT2D eigenvalue weighted by Crippen LogP contribution is -2.23. The summed E-state index contributed by atoms with van der Waals surface area (Å²) in [7, 11) is 1.76. The minimum absolute atomic E-state index is 0.364. The SMILES string of the molecule is CNCCC(O)C(O)c1cc(F)ccc1Br. The minimum atomic E-state index is -1.08. The molecule has 0 heterocycles. The molecule has 0 fully saturated rings. The maximum Gasteiger partial charge on any atom is 0.123 e. The van der Waals surface area contributed by atoms with Crippen molar-refractivity contribution in [2.75, 3.05) is 13.6 Å². The van der Waals surface area contributed by atoms with Crippen molar-refractivity contribution in [2.45, 2.75) is 18.6 Å². The Morgan fingerprint density at radius 2 is 2.12 bits per heavy atom. The Labute approximate surface area is 102 Å². The van der Waals surface area contributed by atoms with Crippen molar-refractivity contribution in [3.8, 4) is 0 Å². The van der Waals surface area contributed by atoms with Gasteiger partial charge in [-0.05, 0) is 38.2 Å². The van der Waals surface area contributed by atoms with Crippen LogP contribution in [0.5, 0.6) is 0 Å². The molecule has 0 aliphatic heterocycles. The summed E-state index contributed by atoms with van der Waals surface area (Å²) in [6.45, 7) is 0.588. The van der Waals surface area contributed by atoms with Gasteiger partial charge in [-0.3, -0.25) is 0 Å². The molecule has 0 aromatic heterocycles. The van der Waals surface area contributed by atoms with Crippen LogP contribution in [0.25, 0.3) is 0 Å². The number of benzene rings is 1. The zero-order valence-electron chi connectivity index (χ0n) is 8.95. The van der Waals surface area contributed by atoms with Gasteiger partial charge >= 0.3 is 0 Å². The predicted octanol–water partition coefficient (Wildman–Crippen LogP) is 1.59. The molecule has 1 aromatic carbocycles. The quantitative estimate of drug-likeness (QED) is 0.772. The molecule has 0 aliphatic carbocycles. The van der Waals surface area contributed by atoms with Crippen molar-refractivity contribution in [1.82, 2.24) is 5.32 Å². The molecule has 0 saturated carbocycles. The molecule has 1 rings (SSSR count). The molecule has 5 heteroatoms. The smallest absolute Gasteiger partial charge is 0.123 e. The van der Waals surface area contributed by atoms with E-state index in [1.165, 1.54) is 18.2 Å². The topological polar surface area (TPSA) is 52.5 Å². The van der Waals surface area contributed by atoms with Crippen molar-refractivity contribution in [2.24, 2.45) is 0 Å². The molecule has 3 N–H and O–H groups in total. The zero-order valence-corrected chi connectivity index (χ0v) is 10.5. The first-order valence-electron chi connectivity index (χ1n) is 5.02. The van der Waals surface area contributed by atoms with Crippen LogP contribution in [0.2, 0.25) is 0 Å². The molecule has 16 heavy (non-hydrogen) atoms. The Hall–Kier alpha value is -0.490. The fourth-order valence-corrected chi connectivity index (χ4v) is 1.88. The maximum atomic E-state index is 13.0. The van der Waals surface area contributed by atoms with E-state index in [0.29, 0.717) is 23.0 Å². The summed E-state index contributed by atoms with van der Waals surface area (Å²) < 4.78 is 13.6. The van der Waals surface area contributed by atoms with Gasteiger partial charge < -0.3 is 15.5 Å². The number of hydrogen-bond donors (Lipinski definition) is 3. The molecular weight excluding hydrogens is 277 g/mol. The fourth-order valence-electron chi connectivity index (χ4n) is 1.40. The average molecular weight is 292 g/mol. The van der Waals surface area contributed by atoms with Gasteiger partial charge in [0.25, 0.3) is 0 Å². The third kappa shape index (κ3) is 3.52. The van der Waals surface area contributed by atoms with Crippen LogP contribution >= 0.6 is 15.9 Å². The summed E-state index contributed by atoms with van der Waals surface area (Å²) in [5.41, 5.74) is 0.364. The van der Waals surface area contributed by atoms with Crippen molar-refractivity contribution in [3.63, 3.8) is 0 Å². The Kier molecular flexibility index (Phi) is 5.34. The third-order valence-electron chi connectivity index (χ3n) is 2.33. The van der Waals surface area contributed by atoms with Crippen LogP contribution in [0.3, 0.4) is 0 Å². The van der Waals surface area contributed by atoms with Crippen molar-refractivity contribution in [1.29, 1.82) is 0 Å². The molecule has 0 radical (unpaired) electrons. The molecular formula is C11H15BrFNO2. The maximum absolute atomic E-state index is 13.0. The van der Waals surface area contributed by atoms with E-state index in [1.54, 1.807) is 7.05 Å². The Balaban J connectivity index is 2.78. The highest BCUT2D eigenvalue weighted by atomic mass is 79.9. The summed E-state index contributed by atoms with van der Waals surface area (Å²) in [4.78, 5) is 0. The van der Waals surface area contributed by atoms with Gasteiger partial charge in [0.15, 0.2) is 0 Å². The molecule has 3 nitrogen and oxygen atoms in total. The van der Waals surface area contributed by atoms with Crippen LogP contribution in [-0.2, 0) is 0 Å². The second-order valence-electron chi connectivity index (χ2n) is 3.57. The first kappa shape index (κ1) is 13.6. The lowest BCUT2D eigenvalue weighted by atomic mass is 10.0. The van der Waals surface area contributed by atoms with E-state index in [1.807, 2.05) is 0 Å². The Morgan fingerprint density at radius 1 is 1.44 bits per heavy atom. The van der Waals surface area contributed by atoms with Crippen molar-refractivity contribution >= 4 is 15.9 Å². The standard InChI is InChI=1S/C11H15BrFNO2/c1-14-5-4-10(15)11(16)8-6-7(13)2-3-9(8)12/h2-3,6,10-11,14-16H,4-5H2,1H3. The second-order valence-corrected chi connectivity index (χ2v) is 4.42. The molecule has 0 spiro atoms. The third-order valence-corrected chi connectivity index (χ3v) is 3.05. The second kappa shape index (κ2) is 6.30. The molecule has 90 valence electrons. The number of nitrogens with one attached hydrogen (secondary N) is 1. The summed E-state index contributed by atoms with van der Waals surface area (Å²) in [5, 5.41) is 22.4. The summed E-state index contributed by atoms with van der Waals surface area (Å²) >= 11 is 3.21. The van der Waals surface area contributed by atoms with E-state index in [0.717, 1.165) is 0 Å². The van der Waals surface area contributed by atoms with E-state index in [9.17, 15) is 14.6 Å². The fraction of sp³-hybridized carbons (Fsp3) is 0.455. The van der Waals surface area contributed by atoms with Gasteiger partial charge in [-0.15, -0.1) is 0 Å². The van der Waals surface area contributed by atoms with Crippen LogP contribution < -0.4 is 5.32 Å². The molecule has 0 amide bonds. The first-order valence-corrected chi connectivity index (χ1v) is 5.81. The monoisotopic (exact) mass is 291 g/mol. The van der Waals surface area contributed by atoms with Crippen LogP contribution in [0.1, 0.15) is 18.1 Å². The van der Waals surface area contributed by atoms with Gasteiger partial charge in [-0.1, -0.05) is 15.9 Å². The van der Waals surface area contributed by atoms with E-state index in [4.69, 9.17) is 0 Å². The average Bonchev–Trinajstić information content (AvgIpc) is 2.28. The number of aliphatic hydroxyl groups is 2. The van der Waals surface area contributed by atoms with Crippen LogP contribution in [0, 0.1) is 5.82 Å². The molecule has 0 bridgehead atoms. The molecule has 2 unspecified atom stereocenters. The minimum Gasteiger partial charge on any atom is -0.390 e. The van der Waals surface area contributed by atoms with E-state index < -0.39 is 18.0 Å². The predicted molar refractivity (Wildman–Crippen MR) is 63.6 cm³/mol. The summed E-state index contributed by atoms with van der Waals surface area (Å²) in [6, 6.07) is 4.02. The first-order chi connectivity index (χ1) is 7.56. The summed E-state index contributed by atoms with van der Waals surface area (Å²) in [6.07, 6.45) is -1.59. The van der Waals surface area contributed by atoms with Gasteiger partial charge in [-0.2, -0.15) is 0 Å². The van der Waals surface area contributed by atoms with Gasteiger partial charge in [0, 0.05) is 10.0 Å². The highest BCUT2D eigenvalue weighted by Crippen LogP contribution is 2.27. The van der Waals surface area contributed by atoms with Gasteiger partial charge in [0.05, 0.1) is 6.10 Å². The number of halogens is 2. The number of aliphatic hydroxyl groups excluding tert-OH is 2. The normalized spacial score (nSPS) is 14.8. The van der Waals surface area contributed by atoms with Gasteiger partial charge in [-0.25, -0.2) is 4.39 Å². The largest absolute Gasteiger partial charge is 0.390 e. The van der Waals surface area contributed by atoms with Crippen LogP contribution in [0.4, 0.5) is 4.39 Å². The van der Waals surface area contributed by atoms with Crippen LogP contribution in [-0.4, -0.2) is 29.9 Å². The lowest BCUT2D eigenvalue weighted by Gasteiger charge is -2.19. The van der Waals surface area contributed by atoms with Gasteiger partial charge in [0.2, 0.25) is 0 Å². The summed E-state index contributed by atoms with van der Waals surface area (Å²) in [5.74, 6) is -0.432. The lowest BCUT2D eigenvalue weighted by molar-refractivity contribution is 0.0134. The van der Waals surface area contributed by atoms with Crippen molar-refractivity contribution in [3.05, 3.63) is 34.1 Å². The molecule has 0 aliphatic rings. The molecule has 2 atom stereocenters. The van der Waals surface area contributed by atoms with Crippen LogP contribution in [0.15, 0.2) is 22.7 Å². The van der Waals surface area contributed by atoms with E-state index in [-0.39, 0.29) is 0 Å². The Morgan fingerprint density at radius 3 is 2.75 bits per heavy atom. The number of rotatable bonds is 5. The highest BCUT2D eigenvalue weighted by Gasteiger charge is 2.20. The highest BCUT2D eigenvalue weighted by molar-refractivity contribution is 9.10. The Bertz CT molecular complexity index is 349. The van der Waals surface area contributed by atoms with Gasteiger partial charge in [0.1, 0.15) is 11.9 Å². The zero-order chi connectivity index (χ0) is 12.1.